The first kappa shape index (κ1) is 10.7. The van der Waals surface area contributed by atoms with Crippen LogP contribution in [0.4, 0.5) is 4.39 Å². The highest BCUT2D eigenvalue weighted by atomic mass is 35.5. The third-order valence-electron chi connectivity index (χ3n) is 1.46. The summed E-state index contributed by atoms with van der Waals surface area (Å²) in [4.78, 5) is 0. The molecule has 0 saturated carbocycles. The first-order valence-corrected chi connectivity index (χ1v) is 4.94. The van der Waals surface area contributed by atoms with E-state index in [1.54, 1.807) is 6.07 Å². The largest absolute Gasteiger partial charge is 0.494 e. The Morgan fingerprint density at radius 3 is 2.85 bits per heavy atom. The highest BCUT2D eigenvalue weighted by Gasteiger charge is 2.00. The lowest BCUT2D eigenvalue weighted by molar-refractivity contribution is 0.318. The van der Waals surface area contributed by atoms with Crippen molar-refractivity contribution in [2.45, 2.75) is 6.42 Å². The van der Waals surface area contributed by atoms with E-state index in [4.69, 9.17) is 16.3 Å². The van der Waals surface area contributed by atoms with Gasteiger partial charge in [-0.25, -0.2) is 4.39 Å². The van der Waals surface area contributed by atoms with E-state index in [2.05, 4.69) is 12.6 Å². The van der Waals surface area contributed by atoms with Crippen LogP contribution in [0.5, 0.6) is 5.75 Å². The molecule has 0 aliphatic rings. The van der Waals surface area contributed by atoms with Gasteiger partial charge in [0.15, 0.2) is 0 Å². The average molecular weight is 221 g/mol. The van der Waals surface area contributed by atoms with Crippen molar-refractivity contribution in [1.82, 2.24) is 0 Å². The molecule has 0 amide bonds. The molecule has 0 aromatic heterocycles. The molecule has 0 fully saturated rings. The van der Waals surface area contributed by atoms with Crippen molar-refractivity contribution in [3.63, 3.8) is 0 Å². The first-order chi connectivity index (χ1) is 6.24. The van der Waals surface area contributed by atoms with Gasteiger partial charge < -0.3 is 4.74 Å². The lowest BCUT2D eigenvalue weighted by Crippen LogP contribution is -1.97. The summed E-state index contributed by atoms with van der Waals surface area (Å²) in [6.45, 7) is 0.575. The minimum atomic E-state index is -0.428. The quantitative estimate of drug-likeness (QED) is 0.606. The SMILES string of the molecule is Fc1ccc(OCCCS)cc1Cl. The van der Waals surface area contributed by atoms with Gasteiger partial charge in [-0.3, -0.25) is 0 Å². The van der Waals surface area contributed by atoms with Crippen LogP contribution in [0.15, 0.2) is 18.2 Å². The smallest absolute Gasteiger partial charge is 0.142 e. The maximum absolute atomic E-state index is 12.7. The van der Waals surface area contributed by atoms with Crippen LogP contribution < -0.4 is 4.74 Å². The fourth-order valence-electron chi connectivity index (χ4n) is 0.821. The predicted octanol–water partition coefficient (Wildman–Crippen LogP) is 3.18. The van der Waals surface area contributed by atoms with Gasteiger partial charge in [-0.2, -0.15) is 12.6 Å². The average Bonchev–Trinajstić information content (AvgIpc) is 2.12. The summed E-state index contributed by atoms with van der Waals surface area (Å²) < 4.78 is 18.0. The van der Waals surface area contributed by atoms with Gasteiger partial charge in [0, 0.05) is 6.07 Å². The molecule has 1 aromatic rings. The lowest BCUT2D eigenvalue weighted by atomic mass is 10.3. The maximum atomic E-state index is 12.7. The topological polar surface area (TPSA) is 9.23 Å². The Labute approximate surface area is 87.3 Å². The molecular weight excluding hydrogens is 211 g/mol. The van der Waals surface area contributed by atoms with Crippen LogP contribution in [0.2, 0.25) is 5.02 Å². The summed E-state index contributed by atoms with van der Waals surface area (Å²) in [5.41, 5.74) is 0. The van der Waals surface area contributed by atoms with Gasteiger partial charge in [0.1, 0.15) is 11.6 Å². The van der Waals surface area contributed by atoms with Crippen molar-refractivity contribution in [1.29, 1.82) is 0 Å². The summed E-state index contributed by atoms with van der Waals surface area (Å²) in [5.74, 6) is 0.936. The fraction of sp³-hybridized carbons (Fsp3) is 0.333. The van der Waals surface area contributed by atoms with Crippen molar-refractivity contribution >= 4 is 24.2 Å². The standard InChI is InChI=1S/C9H10ClFOS/c10-8-6-7(2-3-9(8)11)12-4-1-5-13/h2-3,6,13H,1,4-5H2. The molecule has 0 heterocycles. The Bertz CT molecular complexity index is 280. The number of hydrogen-bond donors (Lipinski definition) is 1. The maximum Gasteiger partial charge on any atom is 0.142 e. The van der Waals surface area contributed by atoms with Crippen molar-refractivity contribution in [2.75, 3.05) is 12.4 Å². The molecule has 0 spiro atoms. The van der Waals surface area contributed by atoms with Crippen LogP contribution in [-0.4, -0.2) is 12.4 Å². The zero-order chi connectivity index (χ0) is 9.68. The number of halogens is 2. The predicted molar refractivity (Wildman–Crippen MR) is 55.4 cm³/mol. The Kier molecular flexibility index (Phi) is 4.39. The molecule has 0 unspecified atom stereocenters. The molecule has 1 rings (SSSR count). The molecule has 0 aliphatic carbocycles. The second-order valence-electron chi connectivity index (χ2n) is 2.50. The number of thiol groups is 1. The van der Waals surface area contributed by atoms with Gasteiger partial charge in [-0.1, -0.05) is 11.6 Å². The molecule has 0 atom stereocenters. The van der Waals surface area contributed by atoms with E-state index < -0.39 is 5.82 Å². The lowest BCUT2D eigenvalue weighted by Gasteiger charge is -2.05. The van der Waals surface area contributed by atoms with E-state index in [1.165, 1.54) is 12.1 Å². The molecule has 0 aliphatic heterocycles. The third kappa shape index (κ3) is 3.44. The number of ether oxygens (including phenoxy) is 1. The summed E-state index contributed by atoms with van der Waals surface area (Å²) in [6, 6.07) is 4.31. The van der Waals surface area contributed by atoms with E-state index in [0.717, 1.165) is 12.2 Å². The van der Waals surface area contributed by atoms with Gasteiger partial charge in [0.25, 0.3) is 0 Å². The number of hydrogen-bond acceptors (Lipinski definition) is 2. The van der Waals surface area contributed by atoms with Crippen LogP contribution in [0.1, 0.15) is 6.42 Å². The van der Waals surface area contributed by atoms with Gasteiger partial charge >= 0.3 is 0 Å². The normalized spacial score (nSPS) is 10.1. The van der Waals surface area contributed by atoms with Crippen LogP contribution in [0.25, 0.3) is 0 Å². The molecule has 1 aromatic carbocycles. The third-order valence-corrected chi connectivity index (χ3v) is 2.07. The minimum Gasteiger partial charge on any atom is -0.494 e. The monoisotopic (exact) mass is 220 g/mol. The van der Waals surface area contributed by atoms with E-state index in [0.29, 0.717) is 12.4 Å². The Morgan fingerprint density at radius 2 is 2.23 bits per heavy atom. The van der Waals surface area contributed by atoms with Gasteiger partial charge in [-0.05, 0) is 24.3 Å². The van der Waals surface area contributed by atoms with E-state index in [-0.39, 0.29) is 5.02 Å². The second-order valence-corrected chi connectivity index (χ2v) is 3.36. The molecule has 0 saturated heterocycles. The molecule has 72 valence electrons. The van der Waals surface area contributed by atoms with Crippen molar-refractivity contribution in [2.24, 2.45) is 0 Å². The Morgan fingerprint density at radius 1 is 1.46 bits per heavy atom. The molecular formula is C9H10ClFOS. The Balaban J connectivity index is 2.53. The Hall–Kier alpha value is -0.410. The summed E-state index contributed by atoms with van der Waals surface area (Å²) in [7, 11) is 0. The van der Waals surface area contributed by atoms with E-state index >= 15 is 0 Å². The fourth-order valence-corrected chi connectivity index (χ4v) is 1.12. The number of benzene rings is 1. The zero-order valence-corrected chi connectivity index (χ0v) is 8.62. The molecule has 1 nitrogen and oxygen atoms in total. The van der Waals surface area contributed by atoms with Crippen LogP contribution in [0.3, 0.4) is 0 Å². The van der Waals surface area contributed by atoms with Gasteiger partial charge in [0.05, 0.1) is 11.6 Å². The van der Waals surface area contributed by atoms with Crippen molar-refractivity contribution in [3.05, 3.63) is 29.0 Å². The van der Waals surface area contributed by atoms with Crippen molar-refractivity contribution in [3.8, 4) is 5.75 Å². The summed E-state index contributed by atoms with van der Waals surface area (Å²) in [5, 5.41) is 0.0865. The zero-order valence-electron chi connectivity index (χ0n) is 6.96. The highest BCUT2D eigenvalue weighted by Crippen LogP contribution is 2.20. The molecule has 0 bridgehead atoms. The highest BCUT2D eigenvalue weighted by molar-refractivity contribution is 7.80. The second kappa shape index (κ2) is 5.35. The summed E-state index contributed by atoms with van der Waals surface area (Å²) >= 11 is 9.59. The van der Waals surface area contributed by atoms with Crippen LogP contribution in [0, 0.1) is 5.82 Å². The van der Waals surface area contributed by atoms with Gasteiger partial charge in [-0.15, -0.1) is 0 Å². The first-order valence-electron chi connectivity index (χ1n) is 3.93. The molecule has 4 heteroatoms. The molecule has 0 radical (unpaired) electrons. The summed E-state index contributed by atoms with van der Waals surface area (Å²) in [6.07, 6.45) is 0.859. The van der Waals surface area contributed by atoms with Crippen LogP contribution >= 0.6 is 24.2 Å². The van der Waals surface area contributed by atoms with Crippen molar-refractivity contribution < 1.29 is 9.13 Å². The molecule has 13 heavy (non-hydrogen) atoms. The minimum absolute atomic E-state index is 0.0865. The van der Waals surface area contributed by atoms with E-state index in [1.807, 2.05) is 0 Å². The molecule has 0 N–H and O–H groups in total. The number of rotatable bonds is 4. The van der Waals surface area contributed by atoms with Crippen LogP contribution in [-0.2, 0) is 0 Å². The van der Waals surface area contributed by atoms with Gasteiger partial charge in [0.2, 0.25) is 0 Å². The van der Waals surface area contributed by atoms with E-state index in [9.17, 15) is 4.39 Å².